The summed E-state index contributed by atoms with van der Waals surface area (Å²) in [6.45, 7) is 4.11. The lowest BCUT2D eigenvalue weighted by Crippen LogP contribution is -2.35. The molecule has 1 atom stereocenters. The minimum atomic E-state index is -0.414. The van der Waals surface area contributed by atoms with Crippen LogP contribution in [0.4, 0.5) is 0 Å². The monoisotopic (exact) mass is 243 g/mol. The molecular weight excluding hydrogens is 218 g/mol. The van der Waals surface area contributed by atoms with Gasteiger partial charge >= 0.3 is 5.97 Å². The van der Waals surface area contributed by atoms with Gasteiger partial charge in [0.25, 0.3) is 0 Å². The summed E-state index contributed by atoms with van der Waals surface area (Å²) in [6, 6.07) is -0.414. The number of carbonyl (C=O) groups excluding carboxylic acids is 2. The summed E-state index contributed by atoms with van der Waals surface area (Å²) in [6.07, 6.45) is 5.78. The first-order valence-electron chi connectivity index (χ1n) is 6.45. The van der Waals surface area contributed by atoms with Crippen LogP contribution >= 0.6 is 0 Å². The van der Waals surface area contributed by atoms with Crippen molar-refractivity contribution in [1.82, 2.24) is 5.32 Å². The Morgan fingerprint density at radius 3 is 2.35 bits per heavy atom. The predicted molar refractivity (Wildman–Crippen MR) is 67.9 cm³/mol. The molecule has 0 rings (SSSR count). The number of Topliss-reactive ketones (excluding diaryl/α,β-unsaturated/α-hetero) is 1. The van der Waals surface area contributed by atoms with Gasteiger partial charge in [0.2, 0.25) is 0 Å². The van der Waals surface area contributed by atoms with Crippen LogP contribution < -0.4 is 5.32 Å². The highest BCUT2D eigenvalue weighted by atomic mass is 16.5. The molecular formula is C13H25NO3. The fraction of sp³-hybridized carbons (Fsp3) is 0.846. The van der Waals surface area contributed by atoms with E-state index in [0.717, 1.165) is 12.8 Å². The van der Waals surface area contributed by atoms with Gasteiger partial charge in [0.1, 0.15) is 5.78 Å². The van der Waals surface area contributed by atoms with Gasteiger partial charge in [-0.15, -0.1) is 0 Å². The van der Waals surface area contributed by atoms with E-state index < -0.39 is 6.04 Å². The number of hydrogen-bond acceptors (Lipinski definition) is 4. The van der Waals surface area contributed by atoms with Crippen molar-refractivity contribution < 1.29 is 14.3 Å². The fourth-order valence-electron chi connectivity index (χ4n) is 1.57. The first-order chi connectivity index (χ1) is 8.11. The number of esters is 1. The molecule has 0 heterocycles. The molecule has 0 saturated carbocycles. The van der Waals surface area contributed by atoms with Crippen molar-refractivity contribution in [3.8, 4) is 0 Å². The van der Waals surface area contributed by atoms with E-state index in [1.165, 1.54) is 26.2 Å². The summed E-state index contributed by atoms with van der Waals surface area (Å²) in [5.41, 5.74) is 0. The van der Waals surface area contributed by atoms with Gasteiger partial charge < -0.3 is 10.1 Å². The van der Waals surface area contributed by atoms with E-state index in [0.29, 0.717) is 6.61 Å². The molecule has 0 aromatic heterocycles. The zero-order valence-electron chi connectivity index (χ0n) is 11.3. The van der Waals surface area contributed by atoms with E-state index in [4.69, 9.17) is 4.74 Å². The summed E-state index contributed by atoms with van der Waals surface area (Å²) in [5.74, 6) is -0.331. The number of unbranched alkanes of at least 4 members (excludes halogenated alkanes) is 4. The zero-order valence-corrected chi connectivity index (χ0v) is 11.3. The van der Waals surface area contributed by atoms with Crippen LogP contribution in [0.5, 0.6) is 0 Å². The zero-order chi connectivity index (χ0) is 13.1. The van der Waals surface area contributed by atoms with E-state index in [2.05, 4.69) is 12.2 Å². The third-order valence-electron chi connectivity index (χ3n) is 2.72. The second kappa shape index (κ2) is 10.3. The van der Waals surface area contributed by atoms with Gasteiger partial charge in [-0.3, -0.25) is 9.59 Å². The highest BCUT2D eigenvalue weighted by Gasteiger charge is 2.16. The van der Waals surface area contributed by atoms with Gasteiger partial charge in [0, 0.05) is 0 Å². The Kier molecular flexibility index (Phi) is 9.72. The average molecular weight is 243 g/mol. The summed E-state index contributed by atoms with van der Waals surface area (Å²) in [4.78, 5) is 22.5. The van der Waals surface area contributed by atoms with Crippen molar-refractivity contribution in [1.29, 1.82) is 0 Å². The Morgan fingerprint density at radius 2 is 1.82 bits per heavy atom. The van der Waals surface area contributed by atoms with Gasteiger partial charge in [0.15, 0.2) is 0 Å². The van der Waals surface area contributed by atoms with E-state index in [-0.39, 0.29) is 18.2 Å². The van der Waals surface area contributed by atoms with E-state index in [9.17, 15) is 9.59 Å². The number of nitrogens with one attached hydrogen (secondary N) is 1. The van der Waals surface area contributed by atoms with Crippen LogP contribution in [0.1, 0.15) is 52.4 Å². The molecule has 0 unspecified atom stereocenters. The SMILES string of the molecule is CCCCCCCOC(=O)C[C@H](NC)C(C)=O. The highest BCUT2D eigenvalue weighted by molar-refractivity contribution is 5.86. The smallest absolute Gasteiger partial charge is 0.307 e. The Morgan fingerprint density at radius 1 is 1.18 bits per heavy atom. The molecule has 0 saturated heterocycles. The third-order valence-corrected chi connectivity index (χ3v) is 2.72. The van der Waals surface area contributed by atoms with Crippen LogP contribution in [-0.2, 0) is 14.3 Å². The molecule has 4 nitrogen and oxygen atoms in total. The molecule has 0 aliphatic rings. The fourth-order valence-corrected chi connectivity index (χ4v) is 1.57. The van der Waals surface area contributed by atoms with Gasteiger partial charge in [-0.25, -0.2) is 0 Å². The first-order valence-corrected chi connectivity index (χ1v) is 6.45. The van der Waals surface area contributed by atoms with E-state index in [1.54, 1.807) is 7.05 Å². The predicted octanol–water partition coefficient (Wildman–Crippen LogP) is 2.07. The number of ether oxygens (including phenoxy) is 1. The molecule has 0 fully saturated rings. The normalized spacial score (nSPS) is 12.2. The van der Waals surface area contributed by atoms with Crippen LogP contribution in [0.2, 0.25) is 0 Å². The summed E-state index contributed by atoms with van der Waals surface area (Å²) >= 11 is 0. The molecule has 0 aliphatic carbocycles. The maximum Gasteiger partial charge on any atom is 0.307 e. The van der Waals surface area contributed by atoms with Gasteiger partial charge in [-0.1, -0.05) is 32.6 Å². The number of carbonyl (C=O) groups is 2. The molecule has 0 aromatic rings. The van der Waals surface area contributed by atoms with Crippen molar-refractivity contribution in [3.05, 3.63) is 0 Å². The van der Waals surface area contributed by atoms with Crippen LogP contribution in [0, 0.1) is 0 Å². The molecule has 0 bridgehead atoms. The summed E-state index contributed by atoms with van der Waals surface area (Å²) in [7, 11) is 1.67. The Bertz CT molecular complexity index is 229. The lowest BCUT2D eigenvalue weighted by molar-refractivity contribution is -0.145. The molecule has 0 amide bonds. The second-order valence-corrected chi connectivity index (χ2v) is 4.29. The van der Waals surface area contributed by atoms with Crippen molar-refractivity contribution in [3.63, 3.8) is 0 Å². The van der Waals surface area contributed by atoms with Crippen LogP contribution in [-0.4, -0.2) is 31.4 Å². The summed E-state index contributed by atoms with van der Waals surface area (Å²) < 4.78 is 5.07. The molecule has 4 heteroatoms. The quantitative estimate of drug-likeness (QED) is 0.471. The molecule has 17 heavy (non-hydrogen) atoms. The minimum absolute atomic E-state index is 0.0348. The Labute approximate surface area is 104 Å². The second-order valence-electron chi connectivity index (χ2n) is 4.29. The lowest BCUT2D eigenvalue weighted by Gasteiger charge is -2.11. The van der Waals surface area contributed by atoms with Crippen molar-refractivity contribution in [2.45, 2.75) is 58.4 Å². The number of ketones is 1. The number of hydrogen-bond donors (Lipinski definition) is 1. The largest absolute Gasteiger partial charge is 0.466 e. The van der Waals surface area contributed by atoms with Crippen molar-refractivity contribution in [2.75, 3.05) is 13.7 Å². The summed E-state index contributed by atoms with van der Waals surface area (Å²) in [5, 5.41) is 2.80. The Hall–Kier alpha value is -0.900. The van der Waals surface area contributed by atoms with Gasteiger partial charge in [-0.05, 0) is 20.4 Å². The van der Waals surface area contributed by atoms with Crippen molar-refractivity contribution >= 4 is 11.8 Å². The maximum atomic E-state index is 11.4. The molecule has 100 valence electrons. The topological polar surface area (TPSA) is 55.4 Å². The lowest BCUT2D eigenvalue weighted by atomic mass is 10.1. The molecule has 0 radical (unpaired) electrons. The van der Waals surface area contributed by atoms with Crippen LogP contribution in [0.25, 0.3) is 0 Å². The third kappa shape index (κ3) is 8.86. The molecule has 0 aromatic carbocycles. The molecule has 0 spiro atoms. The maximum absolute atomic E-state index is 11.4. The van der Waals surface area contributed by atoms with Crippen LogP contribution in [0.3, 0.4) is 0 Å². The molecule has 0 aliphatic heterocycles. The van der Waals surface area contributed by atoms with Gasteiger partial charge in [0.05, 0.1) is 19.1 Å². The van der Waals surface area contributed by atoms with Crippen LogP contribution in [0.15, 0.2) is 0 Å². The van der Waals surface area contributed by atoms with Gasteiger partial charge in [-0.2, -0.15) is 0 Å². The molecule has 1 N–H and O–H groups in total. The Balaban J connectivity index is 3.55. The van der Waals surface area contributed by atoms with E-state index >= 15 is 0 Å². The number of rotatable bonds is 10. The van der Waals surface area contributed by atoms with Crippen molar-refractivity contribution in [2.24, 2.45) is 0 Å². The standard InChI is InChI=1S/C13H25NO3/c1-4-5-6-7-8-9-17-13(16)10-12(14-3)11(2)15/h12,14H,4-10H2,1-3H3/t12-/m0/s1. The first kappa shape index (κ1) is 16.1. The minimum Gasteiger partial charge on any atom is -0.466 e. The number of likely N-dealkylation sites (N-methyl/N-ethyl adjacent to an activating group) is 1. The highest BCUT2D eigenvalue weighted by Crippen LogP contribution is 2.03. The average Bonchev–Trinajstić information content (AvgIpc) is 2.30. The van der Waals surface area contributed by atoms with E-state index in [1.807, 2.05) is 0 Å².